The van der Waals surface area contributed by atoms with Crippen LogP contribution in [0.15, 0.2) is 30.4 Å². The minimum atomic E-state index is -0.582. The van der Waals surface area contributed by atoms with Crippen LogP contribution in [0.1, 0.15) is 160 Å². The molecule has 1 aliphatic heterocycles. The number of carbonyl (C=O) groups is 2. The molecule has 1 fully saturated rings. The zero-order valence-electron chi connectivity index (χ0n) is 27.2. The van der Waals surface area contributed by atoms with Gasteiger partial charge in [-0.15, -0.1) is 0 Å². The van der Waals surface area contributed by atoms with Gasteiger partial charge in [0.2, 0.25) is 0 Å². The molecule has 0 aromatic heterocycles. The van der Waals surface area contributed by atoms with E-state index in [0.29, 0.717) is 17.9 Å². The lowest BCUT2D eigenvalue weighted by Crippen LogP contribution is -2.52. The molecule has 4 rings (SSSR count). The molecule has 1 saturated carbocycles. The summed E-state index contributed by atoms with van der Waals surface area (Å²) >= 11 is 0. The first kappa shape index (κ1) is 32.6. The van der Waals surface area contributed by atoms with Gasteiger partial charge < -0.3 is 9.47 Å². The topological polar surface area (TPSA) is 52.6 Å². The van der Waals surface area contributed by atoms with Crippen LogP contribution in [0.2, 0.25) is 0 Å². The summed E-state index contributed by atoms with van der Waals surface area (Å²) in [6.07, 6.45) is 27.2. The molecule has 0 radical (unpaired) electrons. The highest BCUT2D eigenvalue weighted by Gasteiger charge is 2.62. The van der Waals surface area contributed by atoms with Crippen LogP contribution >= 0.6 is 0 Å². The van der Waals surface area contributed by atoms with E-state index < -0.39 is 5.41 Å². The first-order valence-corrected chi connectivity index (χ1v) is 17.2. The second kappa shape index (κ2) is 14.9. The average Bonchev–Trinajstić information content (AvgIpc) is 3.24. The van der Waals surface area contributed by atoms with Gasteiger partial charge in [-0.3, -0.25) is 9.59 Å². The Balaban J connectivity index is 1.27. The Morgan fingerprint density at radius 1 is 1.00 bits per heavy atom. The molecule has 2 atom stereocenters. The van der Waals surface area contributed by atoms with Crippen LogP contribution in [0.4, 0.5) is 0 Å². The quantitative estimate of drug-likeness (QED) is 0.0850. The molecule has 0 saturated heterocycles. The van der Waals surface area contributed by atoms with E-state index >= 15 is 0 Å². The van der Waals surface area contributed by atoms with Crippen LogP contribution in [0.5, 0.6) is 11.5 Å². The van der Waals surface area contributed by atoms with Crippen molar-refractivity contribution in [1.82, 2.24) is 0 Å². The van der Waals surface area contributed by atoms with Gasteiger partial charge in [0, 0.05) is 17.5 Å². The average molecular weight is 577 g/mol. The summed E-state index contributed by atoms with van der Waals surface area (Å²) in [5.41, 5.74) is 2.76. The molecule has 0 unspecified atom stereocenters. The third kappa shape index (κ3) is 7.22. The van der Waals surface area contributed by atoms with Crippen molar-refractivity contribution in [2.45, 2.75) is 155 Å². The highest BCUT2D eigenvalue weighted by molar-refractivity contribution is 5.94. The third-order valence-corrected chi connectivity index (χ3v) is 10.2. The number of aryl methyl sites for hydroxylation is 1. The van der Waals surface area contributed by atoms with E-state index in [1.807, 2.05) is 0 Å². The van der Waals surface area contributed by atoms with Crippen molar-refractivity contribution in [3.8, 4) is 11.5 Å². The Labute approximate surface area is 255 Å². The van der Waals surface area contributed by atoms with E-state index in [0.717, 1.165) is 75.3 Å². The summed E-state index contributed by atoms with van der Waals surface area (Å²) in [7, 11) is 0. The number of unbranched alkanes of at least 4 members (excludes halogenated alkanes) is 8. The summed E-state index contributed by atoms with van der Waals surface area (Å²) in [6, 6.07) is 2.21. The summed E-state index contributed by atoms with van der Waals surface area (Å²) in [5.74, 6) is 1.15. The largest absolute Gasteiger partial charge is 0.422 e. The van der Waals surface area contributed by atoms with Crippen LogP contribution in [0.3, 0.4) is 0 Å². The van der Waals surface area contributed by atoms with Crippen LogP contribution < -0.4 is 9.47 Å². The predicted octanol–water partition coefficient (Wildman–Crippen LogP) is 10.5. The Hall–Kier alpha value is -2.36. The molecule has 42 heavy (non-hydrogen) atoms. The molecule has 2 aliphatic carbocycles. The molecule has 0 bridgehead atoms. The van der Waals surface area contributed by atoms with Crippen molar-refractivity contribution < 1.29 is 19.1 Å². The molecule has 4 heteroatoms. The molecule has 4 nitrogen and oxygen atoms in total. The predicted molar refractivity (Wildman–Crippen MR) is 172 cm³/mol. The number of ether oxygens (including phenoxy) is 2. The van der Waals surface area contributed by atoms with Crippen molar-refractivity contribution >= 4 is 11.9 Å². The van der Waals surface area contributed by atoms with Gasteiger partial charge in [-0.25, -0.2) is 0 Å². The number of benzene rings is 1. The Morgan fingerprint density at radius 3 is 2.40 bits per heavy atom. The lowest BCUT2D eigenvalue weighted by atomic mass is 9.50. The fourth-order valence-corrected chi connectivity index (χ4v) is 7.88. The molecule has 1 spiro atoms. The maximum absolute atomic E-state index is 13.7. The van der Waals surface area contributed by atoms with Crippen LogP contribution in [0.25, 0.3) is 0 Å². The number of rotatable bonds is 16. The van der Waals surface area contributed by atoms with E-state index in [9.17, 15) is 9.59 Å². The minimum absolute atomic E-state index is 0.0886. The van der Waals surface area contributed by atoms with E-state index in [4.69, 9.17) is 9.47 Å². The van der Waals surface area contributed by atoms with Gasteiger partial charge in [-0.1, -0.05) is 104 Å². The zero-order chi connectivity index (χ0) is 30.2. The van der Waals surface area contributed by atoms with Crippen LogP contribution in [-0.2, 0) is 21.4 Å². The number of esters is 2. The lowest BCUT2D eigenvalue weighted by Gasteiger charge is -2.51. The monoisotopic (exact) mass is 576 g/mol. The second-order valence-electron chi connectivity index (χ2n) is 14.1. The number of hydrogen-bond donors (Lipinski definition) is 0. The summed E-state index contributed by atoms with van der Waals surface area (Å²) in [5, 5.41) is 0. The third-order valence-electron chi connectivity index (χ3n) is 10.2. The van der Waals surface area contributed by atoms with E-state index in [1.165, 1.54) is 44.1 Å². The van der Waals surface area contributed by atoms with Crippen molar-refractivity contribution in [1.29, 1.82) is 0 Å². The van der Waals surface area contributed by atoms with Gasteiger partial charge in [-0.05, 0) is 87.0 Å². The van der Waals surface area contributed by atoms with Crippen molar-refractivity contribution in [2.75, 3.05) is 0 Å². The van der Waals surface area contributed by atoms with Crippen molar-refractivity contribution in [2.24, 2.45) is 11.3 Å². The minimum Gasteiger partial charge on any atom is -0.422 e. The fourth-order valence-electron chi connectivity index (χ4n) is 7.88. The van der Waals surface area contributed by atoms with E-state index in [1.54, 1.807) is 0 Å². The zero-order valence-corrected chi connectivity index (χ0v) is 27.2. The van der Waals surface area contributed by atoms with E-state index in [-0.39, 0.29) is 29.2 Å². The van der Waals surface area contributed by atoms with Gasteiger partial charge in [0.15, 0.2) is 11.5 Å². The molecular formula is C38H56O4. The molecule has 0 amide bonds. The molecule has 0 N–H and O–H groups in total. The van der Waals surface area contributed by atoms with Gasteiger partial charge in [0.1, 0.15) is 5.41 Å². The summed E-state index contributed by atoms with van der Waals surface area (Å²) in [6.45, 7) is 11.1. The summed E-state index contributed by atoms with van der Waals surface area (Å²) in [4.78, 5) is 26.7. The molecule has 1 heterocycles. The van der Waals surface area contributed by atoms with Crippen molar-refractivity contribution in [3.63, 3.8) is 0 Å². The van der Waals surface area contributed by atoms with Gasteiger partial charge in [0.25, 0.3) is 0 Å². The number of carbonyl (C=O) groups excluding carboxylic acids is 2. The fraction of sp³-hybridized carbons (Fsp3) is 0.684. The maximum Gasteiger partial charge on any atom is 0.322 e. The van der Waals surface area contributed by atoms with Crippen LogP contribution in [-0.4, -0.2) is 11.9 Å². The number of allylic oxidation sites excluding steroid dienone is 4. The maximum atomic E-state index is 13.7. The van der Waals surface area contributed by atoms with Gasteiger partial charge in [0.05, 0.1) is 0 Å². The molecule has 3 aliphatic rings. The SMILES string of the molecule is CCCCC/C=C/C/C=C/CCCCCCCC(=O)Oc1c(C(C)C)cc2c3c1OC(=O)[C@@]31CCCC(C)(C)[C@@H]1CC2. The van der Waals surface area contributed by atoms with Gasteiger partial charge >= 0.3 is 11.9 Å². The number of hydrogen-bond acceptors (Lipinski definition) is 4. The van der Waals surface area contributed by atoms with Crippen LogP contribution in [0, 0.1) is 11.3 Å². The molecule has 232 valence electrons. The smallest absolute Gasteiger partial charge is 0.322 e. The molecule has 1 aromatic carbocycles. The van der Waals surface area contributed by atoms with Gasteiger partial charge in [-0.2, -0.15) is 0 Å². The molecule has 1 aromatic rings. The first-order chi connectivity index (χ1) is 20.2. The normalized spacial score (nSPS) is 22.5. The molecular weight excluding hydrogens is 520 g/mol. The lowest BCUT2D eigenvalue weighted by molar-refractivity contribution is -0.146. The Morgan fingerprint density at radius 2 is 1.69 bits per heavy atom. The highest BCUT2D eigenvalue weighted by Crippen LogP contribution is 2.64. The van der Waals surface area contributed by atoms with E-state index in [2.05, 4.69) is 65.0 Å². The highest BCUT2D eigenvalue weighted by atomic mass is 16.6. The second-order valence-corrected chi connectivity index (χ2v) is 14.1. The Bertz CT molecular complexity index is 1140. The standard InChI is InChI=1S/C38H56O4/c1-6-7-8-9-10-11-12-13-14-15-16-17-18-19-20-22-32(39)41-34-30(28(2)3)27-29-23-24-31-37(4,5)25-21-26-38(31)33(29)35(34)42-36(38)40/h10-11,13-14,27-28,31H,6-9,12,15-26H2,1-5H3/b11-10+,14-13+/t31-,38+/m0/s1. The summed E-state index contributed by atoms with van der Waals surface area (Å²) < 4.78 is 12.2. The van der Waals surface area contributed by atoms with Crippen molar-refractivity contribution in [3.05, 3.63) is 47.1 Å². The Kier molecular flexibility index (Phi) is 11.5. The first-order valence-electron chi connectivity index (χ1n) is 17.2.